The summed E-state index contributed by atoms with van der Waals surface area (Å²) in [5.74, 6) is 1.72. The van der Waals surface area contributed by atoms with Gasteiger partial charge in [-0.15, -0.1) is 0 Å². The summed E-state index contributed by atoms with van der Waals surface area (Å²) in [7, 11) is 0. The molecular formula is C19H31N. The molecule has 1 aromatic rings. The van der Waals surface area contributed by atoms with Crippen molar-refractivity contribution in [2.45, 2.75) is 65.3 Å². The van der Waals surface area contributed by atoms with Gasteiger partial charge in [0.2, 0.25) is 0 Å². The van der Waals surface area contributed by atoms with Crippen LogP contribution in [0.5, 0.6) is 0 Å². The highest BCUT2D eigenvalue weighted by atomic mass is 14.9. The second kappa shape index (κ2) is 7.83. The lowest BCUT2D eigenvalue weighted by atomic mass is 9.76. The molecule has 0 aromatic heterocycles. The number of hydrogen-bond donors (Lipinski definition) is 1. The Hall–Kier alpha value is -0.820. The van der Waals surface area contributed by atoms with Crippen LogP contribution < -0.4 is 5.32 Å². The summed E-state index contributed by atoms with van der Waals surface area (Å²) in [4.78, 5) is 0. The van der Waals surface area contributed by atoms with E-state index in [0.717, 1.165) is 24.8 Å². The maximum atomic E-state index is 3.81. The van der Waals surface area contributed by atoms with Crippen LogP contribution in [0.4, 0.5) is 0 Å². The predicted octanol–water partition coefficient (Wildman–Crippen LogP) is 5.12. The lowest BCUT2D eigenvalue weighted by molar-refractivity contribution is 0.224. The van der Waals surface area contributed by atoms with E-state index < -0.39 is 0 Å². The highest BCUT2D eigenvalue weighted by Crippen LogP contribution is 2.37. The van der Waals surface area contributed by atoms with Crippen LogP contribution in [0.15, 0.2) is 24.3 Å². The minimum Gasteiger partial charge on any atom is -0.310 e. The zero-order valence-corrected chi connectivity index (χ0v) is 13.5. The van der Waals surface area contributed by atoms with Gasteiger partial charge in [-0.05, 0) is 55.2 Å². The molecule has 0 radical (unpaired) electrons. The molecule has 112 valence electrons. The van der Waals surface area contributed by atoms with Crippen LogP contribution in [0.25, 0.3) is 0 Å². The monoisotopic (exact) mass is 273 g/mol. The van der Waals surface area contributed by atoms with Crippen LogP contribution >= 0.6 is 0 Å². The van der Waals surface area contributed by atoms with Gasteiger partial charge in [0.1, 0.15) is 0 Å². The lowest BCUT2D eigenvalue weighted by Gasteiger charge is -2.34. The SMILES string of the molecule is CCCNC(c1ccc(CC)cc1)C1CCCC(C)C1. The number of rotatable bonds is 6. The maximum absolute atomic E-state index is 3.81. The van der Waals surface area contributed by atoms with Crippen molar-refractivity contribution < 1.29 is 0 Å². The zero-order valence-electron chi connectivity index (χ0n) is 13.5. The lowest BCUT2D eigenvalue weighted by Crippen LogP contribution is -2.31. The number of hydrogen-bond acceptors (Lipinski definition) is 1. The Labute approximate surface area is 125 Å². The average Bonchev–Trinajstić information content (AvgIpc) is 2.48. The molecule has 3 unspecified atom stereocenters. The van der Waals surface area contributed by atoms with Crippen molar-refractivity contribution >= 4 is 0 Å². The van der Waals surface area contributed by atoms with Crippen molar-refractivity contribution in [3.8, 4) is 0 Å². The van der Waals surface area contributed by atoms with Crippen LogP contribution in [-0.2, 0) is 6.42 Å². The number of benzene rings is 1. The Kier molecular flexibility index (Phi) is 6.09. The molecule has 1 N–H and O–H groups in total. The van der Waals surface area contributed by atoms with Gasteiger partial charge in [0.05, 0.1) is 0 Å². The smallest absolute Gasteiger partial charge is 0.0348 e. The molecule has 1 aliphatic rings. The van der Waals surface area contributed by atoms with E-state index in [1.165, 1.54) is 43.2 Å². The topological polar surface area (TPSA) is 12.0 Å². The molecule has 0 bridgehead atoms. The molecular weight excluding hydrogens is 242 g/mol. The second-order valence-corrected chi connectivity index (χ2v) is 6.56. The highest BCUT2D eigenvalue weighted by molar-refractivity contribution is 5.25. The standard InChI is InChI=1S/C19H31N/c1-4-13-20-19(18-8-6-7-15(3)14-18)17-11-9-16(5-2)10-12-17/h9-12,15,18-20H,4-8,13-14H2,1-3H3. The third-order valence-electron chi connectivity index (χ3n) is 4.81. The van der Waals surface area contributed by atoms with Crippen molar-refractivity contribution in [2.75, 3.05) is 6.54 Å². The first-order valence-corrected chi connectivity index (χ1v) is 8.56. The summed E-state index contributed by atoms with van der Waals surface area (Å²) in [6, 6.07) is 9.88. The molecule has 1 nitrogen and oxygen atoms in total. The van der Waals surface area contributed by atoms with Gasteiger partial charge in [-0.2, -0.15) is 0 Å². The fraction of sp³-hybridized carbons (Fsp3) is 0.684. The van der Waals surface area contributed by atoms with Gasteiger partial charge in [0, 0.05) is 6.04 Å². The first kappa shape index (κ1) is 15.6. The molecule has 1 aromatic carbocycles. The molecule has 0 saturated heterocycles. The largest absolute Gasteiger partial charge is 0.310 e. The van der Waals surface area contributed by atoms with Crippen LogP contribution in [0.2, 0.25) is 0 Å². The summed E-state index contributed by atoms with van der Waals surface area (Å²) in [5, 5.41) is 3.81. The third-order valence-corrected chi connectivity index (χ3v) is 4.81. The fourth-order valence-electron chi connectivity index (χ4n) is 3.60. The first-order valence-electron chi connectivity index (χ1n) is 8.56. The van der Waals surface area contributed by atoms with Gasteiger partial charge in [0.25, 0.3) is 0 Å². The van der Waals surface area contributed by atoms with E-state index in [1.807, 2.05) is 0 Å². The second-order valence-electron chi connectivity index (χ2n) is 6.56. The van der Waals surface area contributed by atoms with Gasteiger partial charge in [-0.1, -0.05) is 57.9 Å². The Morgan fingerprint density at radius 2 is 1.90 bits per heavy atom. The van der Waals surface area contributed by atoms with Gasteiger partial charge >= 0.3 is 0 Å². The minimum absolute atomic E-state index is 0.559. The number of aryl methyl sites for hydroxylation is 1. The van der Waals surface area contributed by atoms with E-state index in [9.17, 15) is 0 Å². The highest BCUT2D eigenvalue weighted by Gasteiger charge is 2.27. The molecule has 0 amide bonds. The van der Waals surface area contributed by atoms with Crippen molar-refractivity contribution in [2.24, 2.45) is 11.8 Å². The number of nitrogens with one attached hydrogen (secondary N) is 1. The molecule has 0 heterocycles. The molecule has 1 aliphatic carbocycles. The van der Waals surface area contributed by atoms with E-state index in [0.29, 0.717) is 6.04 Å². The third kappa shape index (κ3) is 4.09. The molecule has 0 aliphatic heterocycles. The van der Waals surface area contributed by atoms with E-state index >= 15 is 0 Å². The predicted molar refractivity (Wildman–Crippen MR) is 88.0 cm³/mol. The quantitative estimate of drug-likeness (QED) is 0.759. The van der Waals surface area contributed by atoms with E-state index in [2.05, 4.69) is 50.4 Å². The van der Waals surface area contributed by atoms with E-state index in [4.69, 9.17) is 0 Å². The Bertz CT molecular complexity index is 381. The normalized spacial score (nSPS) is 24.6. The Morgan fingerprint density at radius 3 is 2.50 bits per heavy atom. The summed E-state index contributed by atoms with van der Waals surface area (Å²) in [6.45, 7) is 8.03. The Balaban J connectivity index is 2.12. The maximum Gasteiger partial charge on any atom is 0.0348 e. The molecule has 3 atom stereocenters. The summed E-state index contributed by atoms with van der Waals surface area (Å²) >= 11 is 0. The zero-order chi connectivity index (χ0) is 14.4. The van der Waals surface area contributed by atoms with Crippen LogP contribution in [0.3, 0.4) is 0 Å². The molecule has 1 fully saturated rings. The van der Waals surface area contributed by atoms with Gasteiger partial charge in [-0.3, -0.25) is 0 Å². The molecule has 20 heavy (non-hydrogen) atoms. The van der Waals surface area contributed by atoms with Crippen molar-refractivity contribution in [3.63, 3.8) is 0 Å². The van der Waals surface area contributed by atoms with E-state index in [-0.39, 0.29) is 0 Å². The van der Waals surface area contributed by atoms with E-state index in [1.54, 1.807) is 0 Å². The van der Waals surface area contributed by atoms with Crippen molar-refractivity contribution in [1.29, 1.82) is 0 Å². The fourth-order valence-corrected chi connectivity index (χ4v) is 3.60. The van der Waals surface area contributed by atoms with Gasteiger partial charge < -0.3 is 5.32 Å². The Morgan fingerprint density at radius 1 is 1.15 bits per heavy atom. The molecule has 1 heteroatoms. The summed E-state index contributed by atoms with van der Waals surface area (Å²) in [5.41, 5.74) is 2.94. The molecule has 1 saturated carbocycles. The van der Waals surface area contributed by atoms with Crippen LogP contribution in [0.1, 0.15) is 70.0 Å². The summed E-state index contributed by atoms with van der Waals surface area (Å²) < 4.78 is 0. The van der Waals surface area contributed by atoms with Crippen LogP contribution in [0, 0.1) is 11.8 Å². The first-order chi connectivity index (χ1) is 9.74. The van der Waals surface area contributed by atoms with Crippen LogP contribution in [-0.4, -0.2) is 6.54 Å². The average molecular weight is 273 g/mol. The minimum atomic E-state index is 0.559. The molecule has 0 spiro atoms. The van der Waals surface area contributed by atoms with Crippen molar-refractivity contribution in [1.82, 2.24) is 5.32 Å². The van der Waals surface area contributed by atoms with Gasteiger partial charge in [-0.25, -0.2) is 0 Å². The summed E-state index contributed by atoms with van der Waals surface area (Å²) in [6.07, 6.45) is 7.95. The van der Waals surface area contributed by atoms with Gasteiger partial charge in [0.15, 0.2) is 0 Å². The molecule has 2 rings (SSSR count). The van der Waals surface area contributed by atoms with Crippen molar-refractivity contribution in [3.05, 3.63) is 35.4 Å².